The van der Waals surface area contributed by atoms with Gasteiger partial charge in [-0.05, 0) is 30.2 Å². The minimum Gasteiger partial charge on any atom is -0.489 e. The molecule has 4 aromatic rings. The molecule has 0 aliphatic carbocycles. The number of pyridine rings is 2. The van der Waals surface area contributed by atoms with Crippen LogP contribution in [0.15, 0.2) is 65.6 Å². The van der Waals surface area contributed by atoms with Crippen LogP contribution in [0.4, 0.5) is 4.39 Å². The summed E-state index contributed by atoms with van der Waals surface area (Å²) in [5.41, 5.74) is 2.62. The molecule has 2 aromatic carbocycles. The molecule has 0 saturated carbocycles. The molecule has 5 rings (SSSR count). The van der Waals surface area contributed by atoms with Crippen molar-refractivity contribution in [3.63, 3.8) is 0 Å². The van der Waals surface area contributed by atoms with Gasteiger partial charge >= 0.3 is 5.97 Å². The van der Waals surface area contributed by atoms with E-state index in [1.54, 1.807) is 25.3 Å². The van der Waals surface area contributed by atoms with Crippen LogP contribution in [0.25, 0.3) is 11.0 Å². The monoisotopic (exact) mass is 474 g/mol. The highest BCUT2D eigenvalue weighted by Crippen LogP contribution is 2.37. The van der Waals surface area contributed by atoms with Gasteiger partial charge < -0.3 is 14.2 Å². The van der Waals surface area contributed by atoms with Crippen molar-refractivity contribution in [1.29, 1.82) is 0 Å². The second kappa shape index (κ2) is 9.58. The Morgan fingerprint density at radius 1 is 1.11 bits per heavy atom. The van der Waals surface area contributed by atoms with Gasteiger partial charge in [0.1, 0.15) is 30.1 Å². The van der Waals surface area contributed by atoms with Crippen molar-refractivity contribution in [2.75, 3.05) is 13.2 Å². The molecule has 0 amide bonds. The van der Waals surface area contributed by atoms with Crippen molar-refractivity contribution < 1.29 is 23.4 Å². The largest absolute Gasteiger partial charge is 0.489 e. The summed E-state index contributed by atoms with van der Waals surface area (Å²) >= 11 is 0. The fourth-order valence-corrected chi connectivity index (χ4v) is 4.21. The molecule has 0 saturated heterocycles. The second-order valence-corrected chi connectivity index (χ2v) is 8.12. The number of hydrogen-bond acceptors (Lipinski definition) is 6. The van der Waals surface area contributed by atoms with Crippen LogP contribution in [0.2, 0.25) is 0 Å². The molecule has 3 heterocycles. The zero-order valence-corrected chi connectivity index (χ0v) is 19.1. The molecule has 35 heavy (non-hydrogen) atoms. The molecule has 1 aliphatic rings. The summed E-state index contributed by atoms with van der Waals surface area (Å²) in [5, 5.41) is 0. The first kappa shape index (κ1) is 22.6. The highest BCUT2D eigenvalue weighted by Gasteiger charge is 2.30. The number of nitrogens with zero attached hydrogens (tertiary/aromatic N) is 2. The van der Waals surface area contributed by atoms with E-state index in [1.165, 1.54) is 16.7 Å². The van der Waals surface area contributed by atoms with Crippen molar-refractivity contribution >= 4 is 17.0 Å². The van der Waals surface area contributed by atoms with Crippen LogP contribution in [-0.2, 0) is 24.3 Å². The number of carbonyl (C=O) groups excluding carboxylic acids is 1. The van der Waals surface area contributed by atoms with Gasteiger partial charge in [0.05, 0.1) is 13.2 Å². The van der Waals surface area contributed by atoms with Crippen molar-refractivity contribution in [3.05, 3.63) is 99.2 Å². The highest BCUT2D eigenvalue weighted by molar-refractivity contribution is 6.00. The molecule has 0 unspecified atom stereocenters. The maximum atomic E-state index is 13.5. The molecule has 0 atom stereocenters. The Morgan fingerprint density at radius 3 is 2.63 bits per heavy atom. The first-order chi connectivity index (χ1) is 17.1. The van der Waals surface area contributed by atoms with Crippen molar-refractivity contribution in [3.8, 4) is 11.5 Å². The summed E-state index contributed by atoms with van der Waals surface area (Å²) in [5.74, 6) is -0.494. The van der Waals surface area contributed by atoms with Gasteiger partial charge in [-0.2, -0.15) is 0 Å². The van der Waals surface area contributed by atoms with E-state index in [-0.39, 0.29) is 43.5 Å². The third kappa shape index (κ3) is 4.35. The van der Waals surface area contributed by atoms with Gasteiger partial charge in [0.25, 0.3) is 5.56 Å². The third-order valence-corrected chi connectivity index (χ3v) is 5.83. The fourth-order valence-electron chi connectivity index (χ4n) is 4.21. The number of halogens is 1. The number of carbonyl (C=O) groups is 1. The van der Waals surface area contributed by atoms with Crippen LogP contribution in [-0.4, -0.2) is 28.7 Å². The normalized spacial score (nSPS) is 12.3. The molecule has 1 aliphatic heterocycles. The fraction of sp³-hybridized carbons (Fsp3) is 0.222. The molecule has 0 N–H and O–H groups in total. The van der Waals surface area contributed by atoms with Gasteiger partial charge in [0.15, 0.2) is 17.1 Å². The van der Waals surface area contributed by atoms with E-state index < -0.39 is 11.5 Å². The van der Waals surface area contributed by atoms with Gasteiger partial charge in [0.2, 0.25) is 0 Å². The summed E-state index contributed by atoms with van der Waals surface area (Å²) in [6, 6.07) is 15.6. The predicted molar refractivity (Wildman–Crippen MR) is 127 cm³/mol. The predicted octanol–water partition coefficient (Wildman–Crippen LogP) is 4.27. The first-order valence-electron chi connectivity index (χ1n) is 11.4. The van der Waals surface area contributed by atoms with E-state index in [4.69, 9.17) is 14.2 Å². The lowest BCUT2D eigenvalue weighted by Crippen LogP contribution is -2.33. The Morgan fingerprint density at radius 2 is 1.89 bits per heavy atom. The maximum absolute atomic E-state index is 13.5. The second-order valence-electron chi connectivity index (χ2n) is 8.12. The van der Waals surface area contributed by atoms with Crippen LogP contribution < -0.4 is 15.0 Å². The molecule has 178 valence electrons. The summed E-state index contributed by atoms with van der Waals surface area (Å²) < 4.78 is 32.1. The molecular weight excluding hydrogens is 451 g/mol. The Labute approximate surface area is 200 Å². The van der Waals surface area contributed by atoms with Gasteiger partial charge in [-0.1, -0.05) is 42.5 Å². The summed E-state index contributed by atoms with van der Waals surface area (Å²) in [4.78, 5) is 31.0. The number of ether oxygens (including phenoxy) is 3. The first-order valence-corrected chi connectivity index (χ1v) is 11.4. The Kier molecular flexibility index (Phi) is 6.18. The maximum Gasteiger partial charge on any atom is 0.347 e. The van der Waals surface area contributed by atoms with E-state index in [0.29, 0.717) is 23.2 Å². The lowest BCUT2D eigenvalue weighted by Gasteiger charge is -2.24. The Bertz CT molecular complexity index is 1450. The van der Waals surface area contributed by atoms with Gasteiger partial charge in [-0.15, -0.1) is 0 Å². The molecule has 0 bridgehead atoms. The summed E-state index contributed by atoms with van der Waals surface area (Å²) in [7, 11) is 0. The van der Waals surface area contributed by atoms with Gasteiger partial charge in [0, 0.05) is 18.2 Å². The highest BCUT2D eigenvalue weighted by atomic mass is 19.1. The number of benzene rings is 2. The number of esters is 1. The molecule has 0 radical (unpaired) electrons. The van der Waals surface area contributed by atoms with E-state index >= 15 is 0 Å². The van der Waals surface area contributed by atoms with E-state index in [2.05, 4.69) is 4.98 Å². The summed E-state index contributed by atoms with van der Waals surface area (Å²) in [6.45, 7) is 2.45. The number of aromatic nitrogens is 2. The van der Waals surface area contributed by atoms with Crippen LogP contribution in [0.5, 0.6) is 11.5 Å². The van der Waals surface area contributed by atoms with Gasteiger partial charge in [-0.25, -0.2) is 9.18 Å². The zero-order chi connectivity index (χ0) is 24.4. The third-order valence-electron chi connectivity index (χ3n) is 5.83. The van der Waals surface area contributed by atoms with Crippen LogP contribution in [0.3, 0.4) is 0 Å². The Balaban J connectivity index is 1.67. The van der Waals surface area contributed by atoms with Crippen LogP contribution in [0, 0.1) is 5.82 Å². The minimum atomic E-state index is -0.753. The molecule has 0 spiro atoms. The van der Waals surface area contributed by atoms with Crippen molar-refractivity contribution in [1.82, 2.24) is 9.55 Å². The summed E-state index contributed by atoms with van der Waals surface area (Å²) in [6.07, 6.45) is 2.08. The lowest BCUT2D eigenvalue weighted by atomic mass is 10.0. The number of rotatable bonds is 7. The Hall–Kier alpha value is -4.20. The van der Waals surface area contributed by atoms with E-state index in [0.717, 1.165) is 16.7 Å². The quantitative estimate of drug-likeness (QED) is 0.372. The minimum absolute atomic E-state index is 0.0728. The molecular formula is C27H23FN2O5. The smallest absolute Gasteiger partial charge is 0.347 e. The lowest BCUT2D eigenvalue weighted by molar-refractivity contribution is 0.0518. The standard InChI is InChI=1S/C27H23FN2O5/c1-2-33-27(32)21-25(35-16-18-6-4-3-5-7-18)22-23-24(34-13-12-30(23)26(21)31)19(15-29-22)14-17-8-10-20(28)11-9-17/h3-11,15H,2,12-14,16H2,1H3. The number of hydrogen-bond donors (Lipinski definition) is 0. The van der Waals surface area contributed by atoms with Crippen LogP contribution >= 0.6 is 0 Å². The van der Waals surface area contributed by atoms with Gasteiger partial charge in [-0.3, -0.25) is 14.3 Å². The van der Waals surface area contributed by atoms with Crippen molar-refractivity contribution in [2.24, 2.45) is 0 Å². The zero-order valence-electron chi connectivity index (χ0n) is 19.1. The van der Waals surface area contributed by atoms with Crippen LogP contribution in [0.1, 0.15) is 34.0 Å². The molecule has 0 fully saturated rings. The topological polar surface area (TPSA) is 79.7 Å². The van der Waals surface area contributed by atoms with Crippen molar-refractivity contribution in [2.45, 2.75) is 26.5 Å². The van der Waals surface area contributed by atoms with E-state index in [1.807, 2.05) is 30.3 Å². The van der Waals surface area contributed by atoms with E-state index in [9.17, 15) is 14.0 Å². The molecule has 7 nitrogen and oxygen atoms in total. The average Bonchev–Trinajstić information content (AvgIpc) is 2.88. The SMILES string of the molecule is CCOC(=O)c1c(OCc2ccccc2)c2ncc(Cc3ccc(F)cc3)c3c2n(c1=O)CCO3. The average molecular weight is 474 g/mol. The molecule has 8 heteroatoms. The molecule has 2 aromatic heterocycles.